The summed E-state index contributed by atoms with van der Waals surface area (Å²) in [5.74, 6) is 0.319. The minimum absolute atomic E-state index is 0.0939. The van der Waals surface area contributed by atoms with Crippen LogP contribution in [-0.4, -0.2) is 50.3 Å². The summed E-state index contributed by atoms with van der Waals surface area (Å²) in [4.78, 5) is 0. The van der Waals surface area contributed by atoms with E-state index in [4.69, 9.17) is 10.5 Å². The largest absolute Gasteiger partial charge is 0.381 e. The molecule has 2 aliphatic heterocycles. The first kappa shape index (κ1) is 13.3. The zero-order chi connectivity index (χ0) is 12.5. The molecule has 2 fully saturated rings. The molecule has 0 radical (unpaired) electrons. The second-order valence-corrected chi connectivity index (χ2v) is 7.28. The van der Waals surface area contributed by atoms with E-state index < -0.39 is 10.0 Å². The average Bonchev–Trinajstić information content (AvgIpc) is 2.72. The van der Waals surface area contributed by atoms with E-state index in [-0.39, 0.29) is 11.3 Å². The second-order valence-electron chi connectivity index (χ2n) is 5.11. The van der Waals surface area contributed by atoms with Gasteiger partial charge in [0.25, 0.3) is 0 Å². The highest BCUT2D eigenvalue weighted by Gasteiger charge is 2.40. The van der Waals surface area contributed by atoms with Crippen molar-refractivity contribution in [2.24, 2.45) is 11.7 Å². The predicted octanol–water partition coefficient (Wildman–Crippen LogP) is 0.164. The number of ether oxygens (including phenoxy) is 1. The van der Waals surface area contributed by atoms with Crippen molar-refractivity contribution in [3.8, 4) is 0 Å². The van der Waals surface area contributed by atoms with Crippen LogP contribution in [0.2, 0.25) is 0 Å². The monoisotopic (exact) mass is 262 g/mol. The van der Waals surface area contributed by atoms with Crippen LogP contribution in [0.4, 0.5) is 0 Å². The number of sulfonamides is 1. The number of hydrogen-bond acceptors (Lipinski definition) is 4. The van der Waals surface area contributed by atoms with E-state index >= 15 is 0 Å². The second kappa shape index (κ2) is 5.22. The third-order valence-corrected chi connectivity index (χ3v) is 6.33. The van der Waals surface area contributed by atoms with Gasteiger partial charge >= 0.3 is 0 Å². The molecule has 0 aromatic rings. The Balaban J connectivity index is 2.09. The highest BCUT2D eigenvalue weighted by atomic mass is 32.2. The highest BCUT2D eigenvalue weighted by Crippen LogP contribution is 2.29. The zero-order valence-electron chi connectivity index (χ0n) is 10.3. The van der Waals surface area contributed by atoms with Crippen molar-refractivity contribution in [3.05, 3.63) is 0 Å². The van der Waals surface area contributed by atoms with E-state index in [1.165, 1.54) is 0 Å². The Bertz CT molecular complexity index is 352. The Kier molecular flexibility index (Phi) is 4.07. The fraction of sp³-hybridized carbons (Fsp3) is 1.00. The van der Waals surface area contributed by atoms with Gasteiger partial charge in [-0.05, 0) is 38.6 Å². The van der Waals surface area contributed by atoms with Crippen LogP contribution in [0.15, 0.2) is 0 Å². The molecule has 0 aromatic heterocycles. The molecule has 2 unspecified atom stereocenters. The van der Waals surface area contributed by atoms with E-state index in [0.29, 0.717) is 45.1 Å². The summed E-state index contributed by atoms with van der Waals surface area (Å²) in [6.45, 7) is 4.27. The molecule has 0 saturated carbocycles. The number of nitrogens with two attached hydrogens (primary N) is 1. The maximum Gasteiger partial charge on any atom is 0.217 e. The molecule has 0 aliphatic carbocycles. The van der Waals surface area contributed by atoms with Gasteiger partial charge in [0.1, 0.15) is 0 Å². The molecule has 5 nitrogen and oxygen atoms in total. The van der Waals surface area contributed by atoms with Crippen molar-refractivity contribution in [1.82, 2.24) is 4.31 Å². The van der Waals surface area contributed by atoms with E-state index in [1.54, 1.807) is 4.31 Å². The van der Waals surface area contributed by atoms with E-state index in [9.17, 15) is 8.42 Å². The van der Waals surface area contributed by atoms with Crippen molar-refractivity contribution < 1.29 is 13.2 Å². The number of rotatable bonds is 3. The molecule has 2 N–H and O–H groups in total. The molecule has 17 heavy (non-hydrogen) atoms. The lowest BCUT2D eigenvalue weighted by Gasteiger charge is -2.29. The zero-order valence-corrected chi connectivity index (χ0v) is 11.2. The molecule has 2 heterocycles. The molecule has 100 valence electrons. The molecular weight excluding hydrogens is 240 g/mol. The molecule has 6 heteroatoms. The quantitative estimate of drug-likeness (QED) is 0.786. The van der Waals surface area contributed by atoms with Crippen LogP contribution in [0, 0.1) is 5.92 Å². The van der Waals surface area contributed by atoms with Gasteiger partial charge in [0.15, 0.2) is 0 Å². The third-order valence-electron chi connectivity index (χ3n) is 3.85. The number of nitrogens with zero attached hydrogens (tertiary/aromatic N) is 1. The first-order valence-corrected chi connectivity index (χ1v) is 7.84. The SMILES string of the molecule is CC1CC(CN)CN1S(=O)(=O)C1CCOCC1. The Morgan fingerprint density at radius 3 is 2.53 bits per heavy atom. The van der Waals surface area contributed by atoms with Gasteiger partial charge in [-0.1, -0.05) is 0 Å². The lowest BCUT2D eigenvalue weighted by atomic mass is 10.1. The van der Waals surface area contributed by atoms with Gasteiger partial charge in [-0.2, -0.15) is 4.31 Å². The van der Waals surface area contributed by atoms with Crippen LogP contribution in [0.5, 0.6) is 0 Å². The van der Waals surface area contributed by atoms with Crippen LogP contribution in [0.25, 0.3) is 0 Å². The molecule has 2 saturated heterocycles. The summed E-state index contributed by atoms with van der Waals surface area (Å²) in [6, 6.07) is 0.0939. The predicted molar refractivity (Wildman–Crippen MR) is 66.1 cm³/mol. The summed E-state index contributed by atoms with van der Waals surface area (Å²) in [5.41, 5.74) is 5.64. The minimum atomic E-state index is -3.16. The van der Waals surface area contributed by atoms with Crippen molar-refractivity contribution in [2.45, 2.75) is 37.5 Å². The lowest BCUT2D eigenvalue weighted by Crippen LogP contribution is -2.43. The molecule has 0 spiro atoms. The van der Waals surface area contributed by atoms with Gasteiger partial charge in [0, 0.05) is 25.8 Å². The first-order chi connectivity index (χ1) is 8.05. The summed E-state index contributed by atoms with van der Waals surface area (Å²) in [5, 5.41) is -0.254. The van der Waals surface area contributed by atoms with Gasteiger partial charge in [0.2, 0.25) is 10.0 Å². The van der Waals surface area contributed by atoms with Gasteiger partial charge in [-0.25, -0.2) is 8.42 Å². The van der Waals surface area contributed by atoms with Crippen LogP contribution in [0.1, 0.15) is 26.2 Å². The summed E-state index contributed by atoms with van der Waals surface area (Å²) >= 11 is 0. The fourth-order valence-corrected chi connectivity index (χ4v) is 4.98. The van der Waals surface area contributed by atoms with Gasteiger partial charge in [-0.3, -0.25) is 0 Å². The molecule has 0 aromatic carbocycles. The fourth-order valence-electron chi connectivity index (χ4n) is 2.80. The summed E-state index contributed by atoms with van der Waals surface area (Å²) in [7, 11) is -3.16. The maximum absolute atomic E-state index is 12.5. The maximum atomic E-state index is 12.5. The smallest absolute Gasteiger partial charge is 0.217 e. The Labute approximate surface area is 103 Å². The molecular formula is C11H22N2O3S. The molecule has 2 rings (SSSR count). The Morgan fingerprint density at radius 1 is 1.35 bits per heavy atom. The van der Waals surface area contributed by atoms with Gasteiger partial charge in [-0.15, -0.1) is 0 Å². The minimum Gasteiger partial charge on any atom is -0.381 e. The normalized spacial score (nSPS) is 33.1. The van der Waals surface area contributed by atoms with Crippen LogP contribution < -0.4 is 5.73 Å². The van der Waals surface area contributed by atoms with Crippen molar-refractivity contribution >= 4 is 10.0 Å². The molecule has 0 bridgehead atoms. The van der Waals surface area contributed by atoms with E-state index in [0.717, 1.165) is 6.42 Å². The first-order valence-electron chi connectivity index (χ1n) is 6.34. The van der Waals surface area contributed by atoms with Crippen molar-refractivity contribution in [3.63, 3.8) is 0 Å². The van der Waals surface area contributed by atoms with E-state index in [1.807, 2.05) is 6.92 Å². The summed E-state index contributed by atoms with van der Waals surface area (Å²) < 4.78 is 31.9. The Morgan fingerprint density at radius 2 is 2.00 bits per heavy atom. The highest BCUT2D eigenvalue weighted by molar-refractivity contribution is 7.89. The van der Waals surface area contributed by atoms with Crippen LogP contribution >= 0.6 is 0 Å². The topological polar surface area (TPSA) is 72.6 Å². The van der Waals surface area contributed by atoms with Crippen molar-refractivity contribution in [2.75, 3.05) is 26.3 Å². The van der Waals surface area contributed by atoms with E-state index in [2.05, 4.69) is 0 Å². The average molecular weight is 262 g/mol. The number of hydrogen-bond donors (Lipinski definition) is 1. The molecule has 0 amide bonds. The van der Waals surface area contributed by atoms with Crippen molar-refractivity contribution in [1.29, 1.82) is 0 Å². The van der Waals surface area contributed by atoms with Crippen LogP contribution in [-0.2, 0) is 14.8 Å². The lowest BCUT2D eigenvalue weighted by molar-refractivity contribution is 0.0971. The van der Waals surface area contributed by atoms with Gasteiger partial charge in [0.05, 0.1) is 5.25 Å². The van der Waals surface area contributed by atoms with Crippen LogP contribution in [0.3, 0.4) is 0 Å². The molecule has 2 aliphatic rings. The molecule has 2 atom stereocenters. The Hall–Kier alpha value is -0.170. The standard InChI is InChI=1S/C11H22N2O3S/c1-9-6-10(7-12)8-13(9)17(14,15)11-2-4-16-5-3-11/h9-11H,2-8,12H2,1H3. The third kappa shape index (κ3) is 2.65. The van der Waals surface area contributed by atoms with Gasteiger partial charge < -0.3 is 10.5 Å². The summed E-state index contributed by atoms with van der Waals surface area (Å²) in [6.07, 6.45) is 2.14.